The van der Waals surface area contributed by atoms with Gasteiger partial charge in [-0.05, 0) is 73.6 Å². The van der Waals surface area contributed by atoms with Crippen molar-refractivity contribution in [3.8, 4) is 0 Å². The summed E-state index contributed by atoms with van der Waals surface area (Å²) in [6.07, 6.45) is 14.9. The van der Waals surface area contributed by atoms with Crippen molar-refractivity contribution in [2.75, 3.05) is 0 Å². The van der Waals surface area contributed by atoms with Gasteiger partial charge in [-0.2, -0.15) is 0 Å². The first-order chi connectivity index (χ1) is 12.6. The lowest BCUT2D eigenvalue weighted by Gasteiger charge is -2.29. The van der Waals surface area contributed by atoms with Gasteiger partial charge in [-0.15, -0.1) is 0 Å². The molecule has 0 N–H and O–H groups in total. The highest BCUT2D eigenvalue weighted by atomic mass is 19.1. The lowest BCUT2D eigenvalue weighted by Crippen LogP contribution is -2.15. The molecule has 0 unspecified atom stereocenters. The Kier molecular flexibility index (Phi) is 6.67. The Bertz CT molecular complexity index is 652. The zero-order valence-corrected chi connectivity index (χ0v) is 16.3. The summed E-state index contributed by atoms with van der Waals surface area (Å²) in [5.41, 5.74) is 3.58. The van der Waals surface area contributed by atoms with Crippen molar-refractivity contribution in [2.45, 2.75) is 78.1 Å². The van der Waals surface area contributed by atoms with Crippen LogP contribution < -0.4 is 0 Å². The number of unbranched alkanes of at least 4 members (excludes halogenated alkanes) is 2. The van der Waals surface area contributed by atoms with Gasteiger partial charge < -0.3 is 0 Å². The van der Waals surface area contributed by atoms with Gasteiger partial charge in [0.1, 0.15) is 11.6 Å². The predicted octanol–water partition coefficient (Wildman–Crippen LogP) is 7.63. The van der Waals surface area contributed by atoms with Crippen molar-refractivity contribution in [3.05, 3.63) is 52.6 Å². The van der Waals surface area contributed by atoms with Crippen LogP contribution in [-0.2, 0) is 6.42 Å². The van der Waals surface area contributed by atoms with Crippen LogP contribution >= 0.6 is 0 Å². The van der Waals surface area contributed by atoms with Gasteiger partial charge in [-0.3, -0.25) is 0 Å². The average molecular weight is 359 g/mol. The highest BCUT2D eigenvalue weighted by Crippen LogP contribution is 2.38. The quantitative estimate of drug-likeness (QED) is 0.459. The summed E-state index contributed by atoms with van der Waals surface area (Å²) in [4.78, 5) is 0. The molecule has 0 nitrogen and oxygen atoms in total. The number of hydrogen-bond acceptors (Lipinski definition) is 0. The van der Waals surface area contributed by atoms with Gasteiger partial charge in [0.15, 0.2) is 0 Å². The van der Waals surface area contributed by atoms with Gasteiger partial charge in [0.05, 0.1) is 0 Å². The number of hydrogen-bond donors (Lipinski definition) is 0. The zero-order valence-electron chi connectivity index (χ0n) is 16.3. The largest absolute Gasteiger partial charge is 0.207 e. The summed E-state index contributed by atoms with van der Waals surface area (Å²) < 4.78 is 28.8. The van der Waals surface area contributed by atoms with Gasteiger partial charge in [0.25, 0.3) is 0 Å². The van der Waals surface area contributed by atoms with Crippen molar-refractivity contribution < 1.29 is 8.78 Å². The summed E-state index contributed by atoms with van der Waals surface area (Å²) in [6, 6.07) is 3.08. The minimum Gasteiger partial charge on any atom is -0.207 e. The van der Waals surface area contributed by atoms with Crippen LogP contribution in [0, 0.1) is 23.5 Å². The van der Waals surface area contributed by atoms with E-state index < -0.39 is 0 Å². The van der Waals surface area contributed by atoms with Gasteiger partial charge >= 0.3 is 0 Å². The normalized spacial score (nSPS) is 23.5. The molecule has 0 radical (unpaired) electrons. The fraction of sp³-hybridized carbons (Fsp3) is 0.583. The molecule has 3 rings (SSSR count). The van der Waals surface area contributed by atoms with E-state index in [0.717, 1.165) is 49.5 Å². The van der Waals surface area contributed by atoms with Gasteiger partial charge in [0.2, 0.25) is 0 Å². The molecule has 2 aliphatic carbocycles. The third-order valence-corrected chi connectivity index (χ3v) is 6.26. The van der Waals surface area contributed by atoms with E-state index in [-0.39, 0.29) is 17.2 Å². The third-order valence-electron chi connectivity index (χ3n) is 6.26. The van der Waals surface area contributed by atoms with Gasteiger partial charge in [-0.1, -0.05) is 57.3 Å². The molecule has 1 aromatic rings. The number of rotatable bonds is 6. The Morgan fingerprint density at radius 3 is 2.19 bits per heavy atom. The second-order valence-corrected chi connectivity index (χ2v) is 8.27. The Hall–Kier alpha value is -1.44. The Balaban J connectivity index is 1.71. The first-order valence-corrected chi connectivity index (χ1v) is 10.5. The molecule has 0 atom stereocenters. The molecule has 26 heavy (non-hydrogen) atoms. The highest BCUT2D eigenvalue weighted by molar-refractivity contribution is 5.69. The van der Waals surface area contributed by atoms with Crippen LogP contribution in [0.3, 0.4) is 0 Å². The fourth-order valence-corrected chi connectivity index (χ4v) is 4.44. The van der Waals surface area contributed by atoms with Crippen LogP contribution in [0.25, 0.3) is 5.57 Å². The second kappa shape index (κ2) is 8.97. The third kappa shape index (κ3) is 4.64. The van der Waals surface area contributed by atoms with E-state index in [1.807, 2.05) is 0 Å². The lowest BCUT2D eigenvalue weighted by atomic mass is 9.76. The minimum absolute atomic E-state index is 0.256. The molecule has 0 aromatic heterocycles. The molecule has 1 saturated carbocycles. The summed E-state index contributed by atoms with van der Waals surface area (Å²) in [5.74, 6) is 0.822. The standard InChI is InChI=1S/C24H32F2/c1-3-4-5-6-22-23(25)15-21(16-24(22)26)20-13-11-19(12-14-20)18-9-7-17(2)8-10-18/h11,13,15-18H,3-10,12,14H2,1-2H3. The molecule has 0 heterocycles. The SMILES string of the molecule is CCCCCc1c(F)cc(C2=CC=C(C3CCC(C)CC3)CC2)cc1F. The summed E-state index contributed by atoms with van der Waals surface area (Å²) in [6.45, 7) is 4.44. The fourth-order valence-electron chi connectivity index (χ4n) is 4.44. The molecular formula is C24H32F2. The molecule has 2 aliphatic rings. The Morgan fingerprint density at radius 1 is 0.923 bits per heavy atom. The van der Waals surface area contributed by atoms with E-state index in [9.17, 15) is 8.78 Å². The molecule has 1 aromatic carbocycles. The molecule has 0 amide bonds. The molecule has 0 spiro atoms. The van der Waals surface area contributed by atoms with E-state index in [2.05, 4.69) is 26.0 Å². The van der Waals surface area contributed by atoms with E-state index in [1.54, 1.807) is 0 Å². The van der Waals surface area contributed by atoms with Gasteiger partial charge in [-0.25, -0.2) is 8.78 Å². The van der Waals surface area contributed by atoms with Crippen LogP contribution in [0.15, 0.2) is 29.9 Å². The first kappa shape index (κ1) is 19.3. The molecule has 0 aliphatic heterocycles. The maximum atomic E-state index is 14.4. The molecular weight excluding hydrogens is 326 g/mol. The van der Waals surface area contributed by atoms with Crippen LogP contribution in [0.4, 0.5) is 8.78 Å². The molecule has 0 saturated heterocycles. The minimum atomic E-state index is -0.381. The van der Waals surface area contributed by atoms with E-state index >= 15 is 0 Å². The summed E-state index contributed by atoms with van der Waals surface area (Å²) in [5, 5.41) is 0. The van der Waals surface area contributed by atoms with Gasteiger partial charge in [0, 0.05) is 5.56 Å². The number of halogens is 2. The van der Waals surface area contributed by atoms with Crippen molar-refractivity contribution in [2.24, 2.45) is 11.8 Å². The van der Waals surface area contributed by atoms with E-state index in [4.69, 9.17) is 0 Å². The van der Waals surface area contributed by atoms with Crippen LogP contribution in [-0.4, -0.2) is 0 Å². The van der Waals surface area contributed by atoms with Crippen LogP contribution in [0.1, 0.15) is 82.8 Å². The molecule has 1 fully saturated rings. The van der Waals surface area contributed by atoms with Crippen LogP contribution in [0.5, 0.6) is 0 Å². The average Bonchev–Trinajstić information content (AvgIpc) is 2.65. The maximum Gasteiger partial charge on any atom is 0.129 e. The van der Waals surface area contributed by atoms with Crippen molar-refractivity contribution in [3.63, 3.8) is 0 Å². The van der Waals surface area contributed by atoms with E-state index in [0.29, 0.717) is 12.0 Å². The maximum absolute atomic E-state index is 14.4. The highest BCUT2D eigenvalue weighted by Gasteiger charge is 2.23. The molecule has 2 heteroatoms. The lowest BCUT2D eigenvalue weighted by molar-refractivity contribution is 0.316. The van der Waals surface area contributed by atoms with Crippen molar-refractivity contribution in [1.29, 1.82) is 0 Å². The van der Waals surface area contributed by atoms with Crippen LogP contribution in [0.2, 0.25) is 0 Å². The molecule has 142 valence electrons. The number of allylic oxidation sites excluding steroid dienone is 4. The Labute approximate surface area is 157 Å². The predicted molar refractivity (Wildman–Crippen MR) is 106 cm³/mol. The molecule has 0 bridgehead atoms. The second-order valence-electron chi connectivity index (χ2n) is 8.27. The first-order valence-electron chi connectivity index (χ1n) is 10.5. The smallest absolute Gasteiger partial charge is 0.129 e. The summed E-state index contributed by atoms with van der Waals surface area (Å²) >= 11 is 0. The monoisotopic (exact) mass is 358 g/mol. The Morgan fingerprint density at radius 2 is 1.62 bits per heavy atom. The van der Waals surface area contributed by atoms with Crippen molar-refractivity contribution in [1.82, 2.24) is 0 Å². The topological polar surface area (TPSA) is 0 Å². The summed E-state index contributed by atoms with van der Waals surface area (Å²) in [7, 11) is 0. The number of benzene rings is 1. The van der Waals surface area contributed by atoms with E-state index in [1.165, 1.54) is 43.4 Å². The van der Waals surface area contributed by atoms with Crippen molar-refractivity contribution >= 4 is 5.57 Å². The zero-order chi connectivity index (χ0) is 18.5.